The first-order valence-electron chi connectivity index (χ1n) is 13.2. The Kier molecular flexibility index (Phi) is 7.76. The zero-order chi connectivity index (χ0) is 29.8. The fraction of sp³-hybridized carbons (Fsp3) is 0.536. The van der Waals surface area contributed by atoms with E-state index in [0.717, 1.165) is 0 Å². The van der Waals surface area contributed by atoms with Gasteiger partial charge in [-0.25, -0.2) is 0 Å². The summed E-state index contributed by atoms with van der Waals surface area (Å²) in [5.74, 6) is -6.74. The third-order valence-electron chi connectivity index (χ3n) is 8.46. The standard InChI is InChI=1S/C28H38N4O8/c1-12(6-7-33)30-11-14-10-17(31(2)3)15-8-13-9-16-21(32(4)5)24(36)20(27(29)39)26(38)28(16,40)25(37)18(13)23(35)19(15)22(14)34/h10,12-13,16,21,30,33-34,36-37,40H,6-9,11H2,1-5H3,(H2,29,39)/t12?,13-,16+,21?,28+/m1/s1. The molecule has 1 aromatic carbocycles. The van der Waals surface area contributed by atoms with Gasteiger partial charge in [0.2, 0.25) is 5.78 Å². The van der Waals surface area contributed by atoms with Crippen molar-refractivity contribution in [2.45, 2.75) is 50.4 Å². The van der Waals surface area contributed by atoms with Crippen LogP contribution in [0.5, 0.6) is 5.75 Å². The first kappa shape index (κ1) is 29.5. The van der Waals surface area contributed by atoms with Crippen LogP contribution in [0.1, 0.15) is 41.3 Å². The molecular weight excluding hydrogens is 520 g/mol. The third-order valence-corrected chi connectivity index (χ3v) is 8.46. The fourth-order valence-corrected chi connectivity index (χ4v) is 6.47. The maximum atomic E-state index is 14.0. The Hall–Kier alpha value is -3.45. The average Bonchev–Trinajstić information content (AvgIpc) is 2.85. The van der Waals surface area contributed by atoms with E-state index in [1.54, 1.807) is 34.3 Å². The van der Waals surface area contributed by atoms with Crippen molar-refractivity contribution in [3.63, 3.8) is 0 Å². The van der Waals surface area contributed by atoms with Gasteiger partial charge in [-0.1, -0.05) is 0 Å². The molecule has 12 heteroatoms. The van der Waals surface area contributed by atoms with Crippen LogP contribution in [-0.2, 0) is 22.6 Å². The minimum Gasteiger partial charge on any atom is -0.510 e. The number of carbonyl (C=O) groups is 3. The lowest BCUT2D eigenvalue weighted by Crippen LogP contribution is -2.63. The number of nitrogens with one attached hydrogen (secondary N) is 1. The Morgan fingerprint density at radius 2 is 1.85 bits per heavy atom. The summed E-state index contributed by atoms with van der Waals surface area (Å²) in [6.45, 7) is 2.07. The molecule has 4 rings (SSSR count). The Balaban J connectivity index is 1.90. The number of rotatable bonds is 8. The minimum absolute atomic E-state index is 0.0116. The topological polar surface area (TPSA) is 197 Å². The molecule has 0 bridgehead atoms. The van der Waals surface area contributed by atoms with Crippen LogP contribution in [0, 0.1) is 11.8 Å². The van der Waals surface area contributed by atoms with Crippen molar-refractivity contribution in [2.75, 3.05) is 39.7 Å². The number of amides is 1. The van der Waals surface area contributed by atoms with E-state index in [-0.39, 0.29) is 48.9 Å². The Bertz CT molecular complexity index is 1330. The molecule has 0 fully saturated rings. The number of benzene rings is 1. The van der Waals surface area contributed by atoms with Crippen LogP contribution in [-0.4, -0.2) is 100 Å². The molecule has 12 nitrogen and oxygen atoms in total. The maximum Gasteiger partial charge on any atom is 0.255 e. The number of anilines is 1. The summed E-state index contributed by atoms with van der Waals surface area (Å²) in [6.07, 6.45) is 0.734. The second-order valence-electron chi connectivity index (χ2n) is 11.4. The number of phenols is 1. The molecule has 0 radical (unpaired) electrons. The van der Waals surface area contributed by atoms with Crippen molar-refractivity contribution < 1.29 is 39.9 Å². The van der Waals surface area contributed by atoms with E-state index >= 15 is 0 Å². The third kappa shape index (κ3) is 4.35. The van der Waals surface area contributed by atoms with E-state index < -0.39 is 58.0 Å². The highest BCUT2D eigenvalue weighted by Crippen LogP contribution is 2.53. The summed E-state index contributed by atoms with van der Waals surface area (Å²) < 4.78 is 0. The predicted octanol–water partition coefficient (Wildman–Crippen LogP) is 0.0471. The number of aliphatic hydroxyl groups is 4. The van der Waals surface area contributed by atoms with E-state index in [0.29, 0.717) is 23.2 Å². The molecule has 3 aliphatic rings. The number of Topliss-reactive ketones (excluding diaryl/α,β-unsaturated/α-hetero) is 2. The fourth-order valence-electron chi connectivity index (χ4n) is 6.47. The highest BCUT2D eigenvalue weighted by atomic mass is 16.3. The zero-order valence-corrected chi connectivity index (χ0v) is 23.4. The average molecular weight is 559 g/mol. The van der Waals surface area contributed by atoms with Gasteiger partial charge >= 0.3 is 0 Å². The molecule has 0 heterocycles. The lowest BCUT2D eigenvalue weighted by molar-refractivity contribution is -0.148. The number of aliphatic hydroxyl groups excluding tert-OH is 3. The lowest BCUT2D eigenvalue weighted by atomic mass is 9.58. The molecule has 1 aromatic rings. The molecule has 218 valence electrons. The lowest BCUT2D eigenvalue weighted by Gasteiger charge is -2.50. The molecule has 0 aliphatic heterocycles. The Morgan fingerprint density at radius 3 is 2.40 bits per heavy atom. The number of hydrogen-bond donors (Lipinski definition) is 7. The first-order chi connectivity index (χ1) is 18.7. The number of phenolic OH excluding ortho intramolecular Hbond substituents is 1. The molecule has 8 N–H and O–H groups in total. The molecular formula is C28H38N4O8. The van der Waals surface area contributed by atoms with Crippen molar-refractivity contribution in [3.05, 3.63) is 45.4 Å². The van der Waals surface area contributed by atoms with Crippen molar-refractivity contribution in [1.29, 1.82) is 0 Å². The summed E-state index contributed by atoms with van der Waals surface area (Å²) in [5.41, 5.74) is 3.32. The van der Waals surface area contributed by atoms with Crippen molar-refractivity contribution >= 4 is 23.2 Å². The molecule has 0 spiro atoms. The number of fused-ring (bicyclic) bond motifs is 3. The number of primary amides is 1. The van der Waals surface area contributed by atoms with Crippen LogP contribution in [0.4, 0.5) is 5.69 Å². The number of hydrogen-bond acceptors (Lipinski definition) is 11. The van der Waals surface area contributed by atoms with Gasteiger partial charge in [0.05, 0.1) is 11.6 Å². The number of likely N-dealkylation sites (N-methyl/N-ethyl adjacent to an activating group) is 1. The molecule has 0 saturated heterocycles. The Morgan fingerprint density at radius 1 is 1.20 bits per heavy atom. The van der Waals surface area contributed by atoms with Crippen LogP contribution in [0.15, 0.2) is 28.7 Å². The van der Waals surface area contributed by atoms with Crippen LogP contribution < -0.4 is 16.0 Å². The van der Waals surface area contributed by atoms with Gasteiger partial charge in [0.15, 0.2) is 11.4 Å². The van der Waals surface area contributed by atoms with Crippen LogP contribution in [0.25, 0.3) is 0 Å². The SMILES string of the molecule is CC(CCO)NCc1cc(N(C)C)c2c(c1O)C(=O)C1=C(O)[C@]3(O)C(=O)C(C(N)=O)=C(O)C(N(C)C)[C@@H]3C[C@H]1C2. The number of nitrogens with zero attached hydrogens (tertiary/aromatic N) is 2. The largest absolute Gasteiger partial charge is 0.510 e. The van der Waals surface area contributed by atoms with Crippen LogP contribution in [0.2, 0.25) is 0 Å². The summed E-state index contributed by atoms with van der Waals surface area (Å²) in [4.78, 5) is 42.9. The van der Waals surface area contributed by atoms with Gasteiger partial charge in [0.25, 0.3) is 5.91 Å². The van der Waals surface area contributed by atoms with Gasteiger partial charge in [-0.3, -0.25) is 19.3 Å². The van der Waals surface area contributed by atoms with Gasteiger partial charge in [-0.05, 0) is 57.8 Å². The van der Waals surface area contributed by atoms with Crippen molar-refractivity contribution in [2.24, 2.45) is 17.6 Å². The Labute approximate surface area is 232 Å². The van der Waals surface area contributed by atoms with Crippen molar-refractivity contribution in [3.8, 4) is 5.75 Å². The number of aromatic hydroxyl groups is 1. The van der Waals surface area contributed by atoms with E-state index in [1.807, 2.05) is 11.8 Å². The smallest absolute Gasteiger partial charge is 0.255 e. The van der Waals surface area contributed by atoms with Gasteiger partial charge in [-0.2, -0.15) is 0 Å². The second-order valence-corrected chi connectivity index (χ2v) is 11.4. The number of carbonyl (C=O) groups excluding carboxylic acids is 3. The second kappa shape index (κ2) is 10.5. The van der Waals surface area contributed by atoms with E-state index in [9.17, 15) is 39.9 Å². The summed E-state index contributed by atoms with van der Waals surface area (Å²) >= 11 is 0. The number of nitrogens with two attached hydrogens (primary N) is 1. The first-order valence-corrected chi connectivity index (χ1v) is 13.2. The van der Waals surface area contributed by atoms with Gasteiger partial charge in [0.1, 0.15) is 22.8 Å². The number of allylic oxidation sites excluding steroid dienone is 1. The predicted molar refractivity (Wildman–Crippen MR) is 146 cm³/mol. The maximum absolute atomic E-state index is 14.0. The summed E-state index contributed by atoms with van der Waals surface area (Å²) in [6, 6.07) is 0.681. The molecule has 1 amide bonds. The van der Waals surface area contributed by atoms with Gasteiger partial charge in [0, 0.05) is 56.0 Å². The molecule has 0 aromatic heterocycles. The summed E-state index contributed by atoms with van der Waals surface area (Å²) in [7, 11) is 6.79. The van der Waals surface area contributed by atoms with Crippen LogP contribution in [0.3, 0.4) is 0 Å². The monoisotopic (exact) mass is 558 g/mol. The highest BCUT2D eigenvalue weighted by molar-refractivity contribution is 6.24. The van der Waals surface area contributed by atoms with Gasteiger partial charge in [-0.15, -0.1) is 0 Å². The van der Waals surface area contributed by atoms with Gasteiger partial charge < -0.3 is 41.5 Å². The van der Waals surface area contributed by atoms with E-state index in [2.05, 4.69) is 5.32 Å². The number of ketones is 2. The highest BCUT2D eigenvalue weighted by Gasteiger charge is 2.63. The van der Waals surface area contributed by atoms with Crippen molar-refractivity contribution in [1.82, 2.24) is 10.2 Å². The minimum atomic E-state index is -2.68. The summed E-state index contributed by atoms with van der Waals surface area (Å²) in [5, 5.41) is 57.8. The van der Waals surface area contributed by atoms with E-state index in [1.165, 1.54) is 4.90 Å². The molecule has 0 saturated carbocycles. The molecule has 5 atom stereocenters. The van der Waals surface area contributed by atoms with Crippen LogP contribution >= 0.6 is 0 Å². The molecule has 40 heavy (non-hydrogen) atoms. The quantitative estimate of drug-likeness (QED) is 0.213. The molecule has 2 unspecified atom stereocenters. The normalized spacial score (nSPS) is 26.9. The zero-order valence-electron chi connectivity index (χ0n) is 23.4. The van der Waals surface area contributed by atoms with E-state index in [4.69, 9.17) is 5.73 Å². The molecule has 3 aliphatic carbocycles.